The lowest BCUT2D eigenvalue weighted by atomic mass is 10.1. The van der Waals surface area contributed by atoms with Crippen LogP contribution in [0.15, 0.2) is 42.5 Å². The number of fused-ring (bicyclic) bond motifs is 1. The zero-order valence-corrected chi connectivity index (χ0v) is 12.3. The summed E-state index contributed by atoms with van der Waals surface area (Å²) >= 11 is 6.06. The molecule has 3 rings (SSSR count). The molecule has 1 aliphatic rings. The van der Waals surface area contributed by atoms with E-state index in [0.717, 1.165) is 29.3 Å². The lowest BCUT2D eigenvalue weighted by Crippen LogP contribution is -2.19. The van der Waals surface area contributed by atoms with Crippen molar-refractivity contribution in [2.75, 3.05) is 11.9 Å². The smallest absolute Gasteiger partial charge is 0.142 e. The summed E-state index contributed by atoms with van der Waals surface area (Å²) in [5.41, 5.74) is 3.81. The molecule has 1 N–H and O–H groups in total. The van der Waals surface area contributed by atoms with Gasteiger partial charge in [-0.2, -0.15) is 0 Å². The second kappa shape index (κ2) is 5.76. The lowest BCUT2D eigenvalue weighted by Gasteiger charge is -2.17. The fourth-order valence-electron chi connectivity index (χ4n) is 2.78. The highest BCUT2D eigenvalue weighted by molar-refractivity contribution is 6.30. The Bertz CT molecular complexity index is 612. The summed E-state index contributed by atoms with van der Waals surface area (Å²) in [6, 6.07) is 14.7. The topological polar surface area (TPSA) is 21.3 Å². The van der Waals surface area contributed by atoms with Crippen molar-refractivity contribution in [1.29, 1.82) is 0 Å². The molecule has 2 aromatic carbocycles. The maximum absolute atomic E-state index is 6.06. The second-order valence-electron chi connectivity index (χ2n) is 5.09. The summed E-state index contributed by atoms with van der Waals surface area (Å²) in [5, 5.41) is 4.41. The standard InChI is InChI=1S/C17H18ClNO/c1-2-20-17-6-4-3-5-16(17)19-15-10-12-7-8-14(18)9-13(12)11-15/h3-9,15,19H,2,10-11H2,1H3. The van der Waals surface area contributed by atoms with Crippen LogP contribution in [-0.4, -0.2) is 12.6 Å². The van der Waals surface area contributed by atoms with Gasteiger partial charge in [0.25, 0.3) is 0 Å². The van der Waals surface area contributed by atoms with E-state index in [1.54, 1.807) is 0 Å². The number of halogens is 1. The molecule has 0 bridgehead atoms. The van der Waals surface area contributed by atoms with E-state index in [4.69, 9.17) is 16.3 Å². The van der Waals surface area contributed by atoms with Gasteiger partial charge in [0.1, 0.15) is 5.75 Å². The molecule has 0 aromatic heterocycles. The third-order valence-corrected chi connectivity index (χ3v) is 3.88. The van der Waals surface area contributed by atoms with Gasteiger partial charge in [-0.25, -0.2) is 0 Å². The monoisotopic (exact) mass is 287 g/mol. The van der Waals surface area contributed by atoms with Crippen LogP contribution in [0.4, 0.5) is 5.69 Å². The molecule has 3 heteroatoms. The SMILES string of the molecule is CCOc1ccccc1NC1Cc2ccc(Cl)cc2C1. The molecular weight excluding hydrogens is 270 g/mol. The van der Waals surface area contributed by atoms with Crippen molar-refractivity contribution < 1.29 is 4.74 Å². The van der Waals surface area contributed by atoms with Crippen molar-refractivity contribution in [3.63, 3.8) is 0 Å². The third kappa shape index (κ3) is 2.75. The molecule has 2 aromatic rings. The molecule has 20 heavy (non-hydrogen) atoms. The van der Waals surface area contributed by atoms with E-state index in [1.165, 1.54) is 11.1 Å². The second-order valence-corrected chi connectivity index (χ2v) is 5.53. The van der Waals surface area contributed by atoms with Crippen LogP contribution in [0.3, 0.4) is 0 Å². The van der Waals surface area contributed by atoms with Gasteiger partial charge < -0.3 is 10.1 Å². The van der Waals surface area contributed by atoms with Crippen molar-refractivity contribution in [3.8, 4) is 5.75 Å². The molecule has 1 atom stereocenters. The number of rotatable bonds is 4. The number of nitrogens with one attached hydrogen (secondary N) is 1. The Labute approximate surface area is 124 Å². The molecule has 0 radical (unpaired) electrons. The number of hydrogen-bond donors (Lipinski definition) is 1. The van der Waals surface area contributed by atoms with Gasteiger partial charge in [-0.15, -0.1) is 0 Å². The normalized spacial score (nSPS) is 16.8. The van der Waals surface area contributed by atoms with Crippen molar-refractivity contribution in [3.05, 3.63) is 58.6 Å². The minimum Gasteiger partial charge on any atom is -0.492 e. The highest BCUT2D eigenvalue weighted by Crippen LogP contribution is 2.30. The highest BCUT2D eigenvalue weighted by Gasteiger charge is 2.22. The first kappa shape index (κ1) is 13.3. The van der Waals surface area contributed by atoms with E-state index in [2.05, 4.69) is 23.5 Å². The molecular formula is C17H18ClNO. The quantitative estimate of drug-likeness (QED) is 0.904. The highest BCUT2D eigenvalue weighted by atomic mass is 35.5. The van der Waals surface area contributed by atoms with E-state index in [0.29, 0.717) is 12.6 Å². The summed E-state index contributed by atoms with van der Waals surface area (Å²) in [4.78, 5) is 0. The Kier molecular flexibility index (Phi) is 3.83. The molecule has 2 nitrogen and oxygen atoms in total. The fourth-order valence-corrected chi connectivity index (χ4v) is 2.97. The predicted octanol–water partition coefficient (Wildman–Crippen LogP) is 4.32. The average Bonchev–Trinajstić information content (AvgIpc) is 2.82. The maximum atomic E-state index is 6.06. The molecule has 0 amide bonds. The van der Waals surface area contributed by atoms with Crippen molar-refractivity contribution in [2.24, 2.45) is 0 Å². The number of para-hydroxylation sites is 2. The van der Waals surface area contributed by atoms with Crippen LogP contribution in [0.25, 0.3) is 0 Å². The summed E-state index contributed by atoms with van der Waals surface area (Å²) < 4.78 is 5.66. The molecule has 0 heterocycles. The first-order valence-electron chi connectivity index (χ1n) is 7.02. The van der Waals surface area contributed by atoms with Crippen LogP contribution in [0.1, 0.15) is 18.1 Å². The molecule has 0 saturated heterocycles. The van der Waals surface area contributed by atoms with Crippen LogP contribution in [-0.2, 0) is 12.8 Å². The Balaban J connectivity index is 1.75. The molecule has 1 unspecified atom stereocenters. The van der Waals surface area contributed by atoms with E-state index in [1.807, 2.05) is 31.2 Å². The minimum atomic E-state index is 0.407. The van der Waals surface area contributed by atoms with Crippen LogP contribution in [0.5, 0.6) is 5.75 Å². The van der Waals surface area contributed by atoms with Gasteiger partial charge >= 0.3 is 0 Å². The summed E-state index contributed by atoms with van der Waals surface area (Å²) in [6.07, 6.45) is 2.04. The fraction of sp³-hybridized carbons (Fsp3) is 0.294. The number of anilines is 1. The van der Waals surface area contributed by atoms with Crippen LogP contribution in [0, 0.1) is 0 Å². The van der Waals surface area contributed by atoms with Gasteiger partial charge in [-0.05, 0) is 55.2 Å². The Morgan fingerprint density at radius 1 is 1.15 bits per heavy atom. The van der Waals surface area contributed by atoms with Gasteiger partial charge in [0, 0.05) is 11.1 Å². The van der Waals surface area contributed by atoms with Gasteiger partial charge in [-0.1, -0.05) is 29.8 Å². The van der Waals surface area contributed by atoms with Crippen molar-refractivity contribution in [2.45, 2.75) is 25.8 Å². The lowest BCUT2D eigenvalue weighted by molar-refractivity contribution is 0.341. The predicted molar refractivity (Wildman–Crippen MR) is 83.9 cm³/mol. The Morgan fingerprint density at radius 3 is 2.80 bits per heavy atom. The number of hydrogen-bond acceptors (Lipinski definition) is 2. The Morgan fingerprint density at radius 2 is 1.95 bits per heavy atom. The largest absolute Gasteiger partial charge is 0.492 e. The van der Waals surface area contributed by atoms with Crippen LogP contribution >= 0.6 is 11.6 Å². The molecule has 1 aliphatic carbocycles. The van der Waals surface area contributed by atoms with Crippen molar-refractivity contribution in [1.82, 2.24) is 0 Å². The summed E-state index contributed by atoms with van der Waals surface area (Å²) in [7, 11) is 0. The van der Waals surface area contributed by atoms with Crippen LogP contribution in [0.2, 0.25) is 5.02 Å². The van der Waals surface area contributed by atoms with Gasteiger partial charge in [-0.3, -0.25) is 0 Å². The minimum absolute atomic E-state index is 0.407. The first-order chi connectivity index (χ1) is 9.76. The van der Waals surface area contributed by atoms with Gasteiger partial charge in [0.05, 0.1) is 12.3 Å². The molecule has 0 fully saturated rings. The number of ether oxygens (including phenoxy) is 1. The molecule has 0 aliphatic heterocycles. The van der Waals surface area contributed by atoms with Gasteiger partial charge in [0.2, 0.25) is 0 Å². The van der Waals surface area contributed by atoms with Crippen LogP contribution < -0.4 is 10.1 Å². The maximum Gasteiger partial charge on any atom is 0.142 e. The van der Waals surface area contributed by atoms with E-state index in [9.17, 15) is 0 Å². The summed E-state index contributed by atoms with van der Waals surface area (Å²) in [5.74, 6) is 0.920. The Hall–Kier alpha value is -1.67. The third-order valence-electron chi connectivity index (χ3n) is 3.65. The molecule has 0 spiro atoms. The summed E-state index contributed by atoms with van der Waals surface area (Å²) in [6.45, 7) is 2.68. The van der Waals surface area contributed by atoms with E-state index < -0.39 is 0 Å². The van der Waals surface area contributed by atoms with Gasteiger partial charge in [0.15, 0.2) is 0 Å². The van der Waals surface area contributed by atoms with E-state index in [-0.39, 0.29) is 0 Å². The van der Waals surface area contributed by atoms with E-state index >= 15 is 0 Å². The molecule has 104 valence electrons. The average molecular weight is 288 g/mol. The van der Waals surface area contributed by atoms with Crippen molar-refractivity contribution >= 4 is 17.3 Å². The first-order valence-corrected chi connectivity index (χ1v) is 7.39. The zero-order valence-electron chi connectivity index (χ0n) is 11.5. The zero-order chi connectivity index (χ0) is 13.9. The molecule has 0 saturated carbocycles. The number of benzene rings is 2.